The average molecular weight is 254 g/mol. The molecule has 0 aromatic carbocycles. The van der Waals surface area contributed by atoms with Gasteiger partial charge in [-0.05, 0) is 12.0 Å². The number of nitrogens with zero attached hydrogens (tertiary/aromatic N) is 1. The number of halogens is 1. The number of aliphatic carboxylic acids is 1. The number of carboxylic acid groups (broad SMARTS) is 1. The summed E-state index contributed by atoms with van der Waals surface area (Å²) in [7, 11) is 0. The van der Waals surface area contributed by atoms with Crippen molar-refractivity contribution in [3.05, 3.63) is 29.8 Å². The van der Waals surface area contributed by atoms with Crippen molar-refractivity contribution in [3.63, 3.8) is 0 Å². The van der Waals surface area contributed by atoms with Crippen LogP contribution in [-0.4, -0.2) is 28.0 Å². The van der Waals surface area contributed by atoms with Crippen LogP contribution in [0.3, 0.4) is 0 Å². The van der Waals surface area contributed by atoms with Crippen LogP contribution in [0.25, 0.3) is 0 Å². The molecular weight excluding hydrogens is 239 g/mol. The van der Waals surface area contributed by atoms with Crippen LogP contribution >= 0.6 is 0 Å². The van der Waals surface area contributed by atoms with Gasteiger partial charge in [-0.3, -0.25) is 4.79 Å². The summed E-state index contributed by atoms with van der Waals surface area (Å²) >= 11 is 0. The lowest BCUT2D eigenvalue weighted by atomic mass is 9.99. The molecule has 0 spiro atoms. The highest BCUT2D eigenvalue weighted by Gasteiger charge is 2.25. The van der Waals surface area contributed by atoms with Crippen LogP contribution in [-0.2, 0) is 4.79 Å². The van der Waals surface area contributed by atoms with Crippen LogP contribution in [0, 0.1) is 11.9 Å². The van der Waals surface area contributed by atoms with Gasteiger partial charge in [0.15, 0.2) is 0 Å². The van der Waals surface area contributed by atoms with Gasteiger partial charge in [-0.1, -0.05) is 20.3 Å². The lowest BCUT2D eigenvalue weighted by molar-refractivity contribution is -0.140. The summed E-state index contributed by atoms with van der Waals surface area (Å²) in [6.07, 6.45) is 1.77. The summed E-state index contributed by atoms with van der Waals surface area (Å²) in [5.41, 5.74) is 0.0528. The van der Waals surface area contributed by atoms with Gasteiger partial charge in [-0.2, -0.15) is 4.39 Å². The molecule has 1 heterocycles. The first-order valence-electron chi connectivity index (χ1n) is 5.61. The Kier molecular flexibility index (Phi) is 4.76. The molecule has 1 amide bonds. The monoisotopic (exact) mass is 254 g/mol. The second-order valence-electron chi connectivity index (χ2n) is 4.04. The molecule has 1 aromatic rings. The second kappa shape index (κ2) is 6.09. The van der Waals surface area contributed by atoms with Crippen LogP contribution in [0.15, 0.2) is 18.3 Å². The van der Waals surface area contributed by atoms with Crippen molar-refractivity contribution >= 4 is 11.9 Å². The first-order valence-corrected chi connectivity index (χ1v) is 5.61. The van der Waals surface area contributed by atoms with Crippen molar-refractivity contribution in [1.29, 1.82) is 0 Å². The molecule has 0 saturated carbocycles. The van der Waals surface area contributed by atoms with Crippen molar-refractivity contribution in [1.82, 2.24) is 10.3 Å². The lowest BCUT2D eigenvalue weighted by Crippen LogP contribution is -2.45. The van der Waals surface area contributed by atoms with Gasteiger partial charge >= 0.3 is 5.97 Å². The van der Waals surface area contributed by atoms with E-state index < -0.39 is 23.9 Å². The average Bonchev–Trinajstić information content (AvgIpc) is 2.34. The molecular formula is C12H15FN2O3. The van der Waals surface area contributed by atoms with Gasteiger partial charge in [0.25, 0.3) is 5.91 Å². The molecule has 1 unspecified atom stereocenters. The van der Waals surface area contributed by atoms with Gasteiger partial charge in [-0.15, -0.1) is 0 Å². The Morgan fingerprint density at radius 1 is 1.56 bits per heavy atom. The molecule has 0 aliphatic carbocycles. The zero-order valence-electron chi connectivity index (χ0n) is 10.2. The molecule has 5 nitrogen and oxygen atoms in total. The standard InChI is InChI=1S/C12H15FN2O3/c1-3-7(2)10(12(17)18)15-11(16)8-4-5-14-9(13)6-8/h4-7,10H,3H2,1-2H3,(H,15,16)(H,17,18)/t7?,10-/m0/s1. The largest absolute Gasteiger partial charge is 0.480 e. The molecule has 0 saturated heterocycles. The van der Waals surface area contributed by atoms with E-state index in [1.54, 1.807) is 6.92 Å². The third kappa shape index (κ3) is 3.51. The van der Waals surface area contributed by atoms with Crippen molar-refractivity contribution in [2.45, 2.75) is 26.3 Å². The number of carbonyl (C=O) groups is 2. The molecule has 6 heteroatoms. The predicted molar refractivity (Wildman–Crippen MR) is 62.5 cm³/mol. The highest BCUT2D eigenvalue weighted by Crippen LogP contribution is 2.09. The molecule has 18 heavy (non-hydrogen) atoms. The summed E-state index contributed by atoms with van der Waals surface area (Å²) in [6, 6.07) is 1.30. The van der Waals surface area contributed by atoms with Gasteiger partial charge < -0.3 is 10.4 Å². The second-order valence-corrected chi connectivity index (χ2v) is 4.04. The molecule has 0 aliphatic rings. The minimum absolute atomic E-state index is 0.0528. The maximum Gasteiger partial charge on any atom is 0.326 e. The minimum atomic E-state index is -1.10. The summed E-state index contributed by atoms with van der Waals surface area (Å²) in [4.78, 5) is 26.1. The number of aromatic nitrogens is 1. The quantitative estimate of drug-likeness (QED) is 0.779. The Morgan fingerprint density at radius 3 is 2.72 bits per heavy atom. The first-order chi connectivity index (χ1) is 8.45. The summed E-state index contributed by atoms with van der Waals surface area (Å²) in [5.74, 6) is -2.72. The molecule has 1 rings (SSSR count). The normalized spacial score (nSPS) is 13.7. The number of hydrogen-bond donors (Lipinski definition) is 2. The van der Waals surface area contributed by atoms with Crippen molar-refractivity contribution in [2.24, 2.45) is 5.92 Å². The highest BCUT2D eigenvalue weighted by molar-refractivity contribution is 5.96. The third-order valence-corrected chi connectivity index (χ3v) is 2.75. The predicted octanol–water partition coefficient (Wildman–Crippen LogP) is 1.45. The number of rotatable bonds is 5. The number of hydrogen-bond acceptors (Lipinski definition) is 3. The van der Waals surface area contributed by atoms with E-state index in [-0.39, 0.29) is 11.5 Å². The Bertz CT molecular complexity index is 451. The van der Waals surface area contributed by atoms with E-state index in [0.29, 0.717) is 6.42 Å². The number of carboxylic acids is 1. The maximum atomic E-state index is 12.8. The lowest BCUT2D eigenvalue weighted by Gasteiger charge is -2.20. The number of carbonyl (C=O) groups excluding carboxylic acids is 1. The molecule has 0 bridgehead atoms. The van der Waals surface area contributed by atoms with Crippen molar-refractivity contribution < 1.29 is 19.1 Å². The van der Waals surface area contributed by atoms with Gasteiger partial charge in [0.1, 0.15) is 6.04 Å². The van der Waals surface area contributed by atoms with Crippen LogP contribution in [0.5, 0.6) is 0 Å². The zero-order chi connectivity index (χ0) is 13.7. The molecule has 0 radical (unpaired) electrons. The van der Waals surface area contributed by atoms with Crippen molar-refractivity contribution in [3.8, 4) is 0 Å². The van der Waals surface area contributed by atoms with E-state index in [9.17, 15) is 14.0 Å². The molecule has 0 fully saturated rings. The maximum absolute atomic E-state index is 12.8. The molecule has 1 aromatic heterocycles. The zero-order valence-corrected chi connectivity index (χ0v) is 10.2. The van der Waals surface area contributed by atoms with E-state index in [4.69, 9.17) is 5.11 Å². The van der Waals surface area contributed by atoms with Gasteiger partial charge in [0.2, 0.25) is 5.95 Å². The van der Waals surface area contributed by atoms with Crippen LogP contribution < -0.4 is 5.32 Å². The Labute approximate surface area is 104 Å². The minimum Gasteiger partial charge on any atom is -0.480 e. The highest BCUT2D eigenvalue weighted by atomic mass is 19.1. The number of nitrogens with one attached hydrogen (secondary N) is 1. The molecule has 2 N–H and O–H groups in total. The fourth-order valence-electron chi connectivity index (χ4n) is 1.45. The molecule has 98 valence electrons. The third-order valence-electron chi connectivity index (χ3n) is 2.75. The van der Waals surface area contributed by atoms with Crippen LogP contribution in [0.2, 0.25) is 0 Å². The van der Waals surface area contributed by atoms with Gasteiger partial charge in [-0.25, -0.2) is 9.78 Å². The van der Waals surface area contributed by atoms with Crippen LogP contribution in [0.4, 0.5) is 4.39 Å². The summed E-state index contributed by atoms with van der Waals surface area (Å²) < 4.78 is 12.8. The van der Waals surface area contributed by atoms with Gasteiger partial charge in [0.05, 0.1) is 0 Å². The van der Waals surface area contributed by atoms with Crippen LogP contribution in [0.1, 0.15) is 30.6 Å². The van der Waals surface area contributed by atoms with E-state index in [2.05, 4.69) is 10.3 Å². The number of amides is 1. The van der Waals surface area contributed by atoms with E-state index in [1.165, 1.54) is 6.07 Å². The molecule has 2 atom stereocenters. The van der Waals surface area contributed by atoms with E-state index in [1.807, 2.05) is 6.92 Å². The topological polar surface area (TPSA) is 79.3 Å². The molecule has 0 aliphatic heterocycles. The fraction of sp³-hybridized carbons (Fsp3) is 0.417. The van der Waals surface area contributed by atoms with Gasteiger partial charge in [0, 0.05) is 17.8 Å². The summed E-state index contributed by atoms with van der Waals surface area (Å²) in [6.45, 7) is 3.56. The summed E-state index contributed by atoms with van der Waals surface area (Å²) in [5, 5.41) is 11.4. The SMILES string of the molecule is CCC(C)[C@H](NC(=O)c1ccnc(F)c1)C(=O)O. The fourth-order valence-corrected chi connectivity index (χ4v) is 1.45. The Hall–Kier alpha value is -1.98. The number of pyridine rings is 1. The smallest absolute Gasteiger partial charge is 0.326 e. The Balaban J connectivity index is 2.82. The van der Waals surface area contributed by atoms with E-state index >= 15 is 0 Å². The Morgan fingerprint density at radius 2 is 2.22 bits per heavy atom. The van der Waals surface area contributed by atoms with Crippen molar-refractivity contribution in [2.75, 3.05) is 0 Å². The van der Waals surface area contributed by atoms with E-state index in [0.717, 1.165) is 12.3 Å². The first kappa shape index (κ1) is 14.1.